The van der Waals surface area contributed by atoms with E-state index >= 15 is 0 Å². The van der Waals surface area contributed by atoms with Crippen molar-refractivity contribution < 1.29 is 13.2 Å². The Morgan fingerprint density at radius 1 is 1.24 bits per heavy atom. The zero-order valence-electron chi connectivity index (χ0n) is 12.3. The molecule has 2 rings (SSSR count). The summed E-state index contributed by atoms with van der Waals surface area (Å²) in [4.78, 5) is 11.7. The third-order valence-electron chi connectivity index (χ3n) is 3.33. The highest BCUT2D eigenvalue weighted by Gasteiger charge is 2.29. The second-order valence-corrected chi connectivity index (χ2v) is 7.40. The van der Waals surface area contributed by atoms with E-state index in [0.717, 1.165) is 12.8 Å². The van der Waals surface area contributed by atoms with Crippen molar-refractivity contribution in [3.63, 3.8) is 0 Å². The summed E-state index contributed by atoms with van der Waals surface area (Å²) in [7, 11) is -0.477. The van der Waals surface area contributed by atoms with Crippen LogP contribution in [0.25, 0.3) is 0 Å². The Kier molecular flexibility index (Phi) is 4.84. The Morgan fingerprint density at radius 2 is 1.90 bits per heavy atom. The minimum atomic E-state index is -3.48. The van der Waals surface area contributed by atoms with Gasteiger partial charge in [0.05, 0.1) is 5.69 Å². The molecule has 1 saturated carbocycles. The minimum Gasteiger partial charge on any atom is -0.382 e. The van der Waals surface area contributed by atoms with Crippen LogP contribution in [-0.2, 0) is 14.8 Å². The maximum Gasteiger partial charge on any atom is 0.244 e. The first-order chi connectivity index (χ1) is 9.93. The number of amides is 1. The van der Waals surface area contributed by atoms with Crippen molar-refractivity contribution in [1.29, 1.82) is 0 Å². The first-order valence-electron chi connectivity index (χ1n) is 6.96. The molecule has 0 aliphatic heterocycles. The van der Waals surface area contributed by atoms with Gasteiger partial charge in [0, 0.05) is 33.1 Å². The molecule has 0 aromatic heterocycles. The number of hydrogen-bond acceptors (Lipinski definition) is 4. The molecule has 1 aromatic carbocycles. The van der Waals surface area contributed by atoms with Crippen molar-refractivity contribution in [2.75, 3.05) is 32.5 Å². The molecular weight excluding hydrogens is 290 g/mol. The number of anilines is 1. The summed E-state index contributed by atoms with van der Waals surface area (Å²) >= 11 is 0. The summed E-state index contributed by atoms with van der Waals surface area (Å²) < 4.78 is 25.6. The maximum absolute atomic E-state index is 12.2. The van der Waals surface area contributed by atoms with Crippen molar-refractivity contribution in [3.8, 4) is 0 Å². The highest BCUT2D eigenvalue weighted by molar-refractivity contribution is 7.89. The molecule has 0 radical (unpaired) electrons. The number of sulfonamides is 1. The smallest absolute Gasteiger partial charge is 0.244 e. The molecule has 1 aliphatic rings. The number of carbonyl (C=O) groups is 1. The summed E-state index contributed by atoms with van der Waals surface area (Å²) in [6, 6.07) is 6.76. The standard InChI is InChI=1S/C14H21N3O3S/c1-17(2)21(19,20)13-6-4-3-5-12(13)15-9-10-16-14(18)11-7-8-11/h3-6,11,15H,7-10H2,1-2H3,(H,16,18). The van der Waals surface area contributed by atoms with Gasteiger partial charge in [-0.05, 0) is 25.0 Å². The van der Waals surface area contributed by atoms with Crippen molar-refractivity contribution >= 4 is 21.6 Å². The van der Waals surface area contributed by atoms with E-state index in [9.17, 15) is 13.2 Å². The van der Waals surface area contributed by atoms with Crippen LogP contribution in [0.2, 0.25) is 0 Å². The fourth-order valence-corrected chi connectivity index (χ4v) is 2.97. The number of nitrogens with zero attached hydrogens (tertiary/aromatic N) is 1. The number of nitrogens with one attached hydrogen (secondary N) is 2. The van der Waals surface area contributed by atoms with Crippen molar-refractivity contribution in [1.82, 2.24) is 9.62 Å². The average molecular weight is 311 g/mol. The van der Waals surface area contributed by atoms with Crippen LogP contribution >= 0.6 is 0 Å². The van der Waals surface area contributed by atoms with Crippen LogP contribution in [0, 0.1) is 5.92 Å². The van der Waals surface area contributed by atoms with Crippen LogP contribution in [0.3, 0.4) is 0 Å². The Labute approximate surface area is 125 Å². The van der Waals surface area contributed by atoms with E-state index in [2.05, 4.69) is 10.6 Å². The second kappa shape index (κ2) is 6.44. The molecule has 1 fully saturated rings. The van der Waals surface area contributed by atoms with Crippen molar-refractivity contribution in [2.24, 2.45) is 5.92 Å². The number of para-hydroxylation sites is 1. The second-order valence-electron chi connectivity index (χ2n) is 5.28. The van der Waals surface area contributed by atoms with E-state index < -0.39 is 10.0 Å². The van der Waals surface area contributed by atoms with Crippen molar-refractivity contribution in [3.05, 3.63) is 24.3 Å². The Bertz CT molecular complexity index is 610. The van der Waals surface area contributed by atoms with Gasteiger partial charge < -0.3 is 10.6 Å². The van der Waals surface area contributed by atoms with Gasteiger partial charge in [-0.15, -0.1) is 0 Å². The molecule has 6 nitrogen and oxygen atoms in total. The first kappa shape index (κ1) is 15.8. The lowest BCUT2D eigenvalue weighted by molar-refractivity contribution is -0.122. The maximum atomic E-state index is 12.2. The van der Waals surface area contributed by atoms with E-state index in [0.29, 0.717) is 18.8 Å². The van der Waals surface area contributed by atoms with Gasteiger partial charge in [-0.1, -0.05) is 12.1 Å². The topological polar surface area (TPSA) is 78.5 Å². The Morgan fingerprint density at radius 3 is 2.52 bits per heavy atom. The number of rotatable bonds is 7. The normalized spacial score (nSPS) is 15.0. The van der Waals surface area contributed by atoms with E-state index in [1.807, 2.05) is 0 Å². The number of benzene rings is 1. The van der Waals surface area contributed by atoms with Crippen molar-refractivity contribution in [2.45, 2.75) is 17.7 Å². The van der Waals surface area contributed by atoms with Gasteiger partial charge in [0.1, 0.15) is 4.90 Å². The predicted molar refractivity (Wildman–Crippen MR) is 81.5 cm³/mol. The number of hydrogen-bond donors (Lipinski definition) is 2. The van der Waals surface area contributed by atoms with Gasteiger partial charge in [0.25, 0.3) is 0 Å². The third-order valence-corrected chi connectivity index (χ3v) is 5.21. The summed E-state index contributed by atoms with van der Waals surface area (Å²) in [5.41, 5.74) is 0.548. The van der Waals surface area contributed by atoms with Gasteiger partial charge >= 0.3 is 0 Å². The van der Waals surface area contributed by atoms with Crippen LogP contribution in [0.4, 0.5) is 5.69 Å². The zero-order chi connectivity index (χ0) is 15.5. The third kappa shape index (κ3) is 3.95. The quantitative estimate of drug-likeness (QED) is 0.733. The van der Waals surface area contributed by atoms with Crippen LogP contribution in [0.15, 0.2) is 29.2 Å². The monoisotopic (exact) mass is 311 g/mol. The van der Waals surface area contributed by atoms with Gasteiger partial charge in [-0.3, -0.25) is 4.79 Å². The fraction of sp³-hybridized carbons (Fsp3) is 0.500. The van der Waals surface area contributed by atoms with Crippen LogP contribution in [-0.4, -0.2) is 45.8 Å². The van der Waals surface area contributed by atoms with Gasteiger partial charge in [0.15, 0.2) is 0 Å². The van der Waals surface area contributed by atoms with Crippen LogP contribution in [0.1, 0.15) is 12.8 Å². The van der Waals surface area contributed by atoms with E-state index in [4.69, 9.17) is 0 Å². The summed E-state index contributed by atoms with van der Waals surface area (Å²) in [6.07, 6.45) is 1.95. The zero-order valence-corrected chi connectivity index (χ0v) is 13.1. The molecule has 0 unspecified atom stereocenters. The minimum absolute atomic E-state index is 0.0889. The molecule has 0 heterocycles. The molecule has 0 saturated heterocycles. The highest BCUT2D eigenvalue weighted by atomic mass is 32.2. The molecule has 0 atom stereocenters. The molecule has 0 bridgehead atoms. The van der Waals surface area contributed by atoms with Gasteiger partial charge in [-0.25, -0.2) is 12.7 Å². The average Bonchev–Trinajstić information content (AvgIpc) is 3.28. The Hall–Kier alpha value is -1.60. The number of carbonyl (C=O) groups excluding carboxylic acids is 1. The molecule has 116 valence electrons. The highest BCUT2D eigenvalue weighted by Crippen LogP contribution is 2.28. The van der Waals surface area contributed by atoms with E-state index in [1.165, 1.54) is 18.4 Å². The largest absolute Gasteiger partial charge is 0.382 e. The summed E-state index contributed by atoms with van der Waals surface area (Å²) in [6.45, 7) is 0.962. The lowest BCUT2D eigenvalue weighted by Gasteiger charge is -2.16. The molecule has 1 aromatic rings. The molecule has 7 heteroatoms. The summed E-state index contributed by atoms with van der Waals surface area (Å²) in [5.74, 6) is 0.275. The summed E-state index contributed by atoms with van der Waals surface area (Å²) in [5, 5.41) is 5.90. The molecule has 21 heavy (non-hydrogen) atoms. The van der Waals surface area contributed by atoms with E-state index in [1.54, 1.807) is 24.3 Å². The van der Waals surface area contributed by atoms with Gasteiger partial charge in [-0.2, -0.15) is 0 Å². The van der Waals surface area contributed by atoms with Gasteiger partial charge in [0.2, 0.25) is 15.9 Å². The van der Waals surface area contributed by atoms with E-state index in [-0.39, 0.29) is 16.7 Å². The lowest BCUT2D eigenvalue weighted by atomic mass is 10.3. The molecule has 1 aliphatic carbocycles. The Balaban J connectivity index is 1.95. The first-order valence-corrected chi connectivity index (χ1v) is 8.40. The van der Waals surface area contributed by atoms with Crippen LogP contribution < -0.4 is 10.6 Å². The van der Waals surface area contributed by atoms with Crippen LogP contribution in [0.5, 0.6) is 0 Å². The SMILES string of the molecule is CN(C)S(=O)(=O)c1ccccc1NCCNC(=O)C1CC1. The predicted octanol–water partition coefficient (Wildman–Crippen LogP) is 0.875. The molecular formula is C14H21N3O3S. The fourth-order valence-electron chi connectivity index (χ4n) is 1.91. The molecule has 2 N–H and O–H groups in total. The molecule has 1 amide bonds. The molecule has 0 spiro atoms. The lowest BCUT2D eigenvalue weighted by Crippen LogP contribution is -2.30.